The number of fused-ring (bicyclic) bond motifs is 6. The number of ether oxygens (including phenoxy) is 1. The lowest BCUT2D eigenvalue weighted by molar-refractivity contribution is -0.151. The van der Waals surface area contributed by atoms with E-state index in [1.807, 2.05) is 0 Å². The third-order valence-corrected chi connectivity index (χ3v) is 7.34. The average Bonchev–Trinajstić information content (AvgIpc) is 2.83. The fourth-order valence-corrected chi connectivity index (χ4v) is 5.04. The van der Waals surface area contributed by atoms with Crippen molar-refractivity contribution < 1.29 is 9.53 Å². The molecule has 0 radical (unpaired) electrons. The lowest BCUT2D eigenvalue weighted by Crippen LogP contribution is -2.46. The molecule has 2 aromatic rings. The van der Waals surface area contributed by atoms with E-state index in [0.717, 1.165) is 24.2 Å². The molecule has 1 aromatic carbocycles. The minimum absolute atomic E-state index is 0.232. The van der Waals surface area contributed by atoms with Crippen LogP contribution in [0.1, 0.15) is 45.0 Å². The molecule has 1 saturated carbocycles. The van der Waals surface area contributed by atoms with Gasteiger partial charge in [-0.15, -0.1) is 0 Å². The Labute approximate surface area is 150 Å². The first kappa shape index (κ1) is 16.1. The van der Waals surface area contributed by atoms with Crippen molar-refractivity contribution in [2.75, 3.05) is 7.11 Å². The van der Waals surface area contributed by atoms with Crippen LogP contribution < -0.4 is 0 Å². The molecule has 4 nitrogen and oxygen atoms in total. The highest BCUT2D eigenvalue weighted by Crippen LogP contribution is 2.70. The smallest absolute Gasteiger partial charge is 0.318 e. The van der Waals surface area contributed by atoms with Gasteiger partial charge in [0.2, 0.25) is 0 Å². The molecule has 0 amide bonds. The number of nitrogens with zero attached hydrogens (tertiary/aromatic N) is 2. The van der Waals surface area contributed by atoms with Gasteiger partial charge in [-0.2, -0.15) is 0 Å². The van der Waals surface area contributed by atoms with Crippen LogP contribution in [0, 0.1) is 5.41 Å². The molecule has 2 atom stereocenters. The maximum atomic E-state index is 12.8. The molecule has 4 rings (SSSR count). The van der Waals surface area contributed by atoms with Gasteiger partial charge in [-0.1, -0.05) is 44.0 Å². The van der Waals surface area contributed by atoms with Gasteiger partial charge in [0, 0.05) is 5.41 Å². The van der Waals surface area contributed by atoms with Crippen molar-refractivity contribution in [3.8, 4) is 0 Å². The summed E-state index contributed by atoms with van der Waals surface area (Å²) in [6.07, 6.45) is 1.60. The Kier molecular flexibility index (Phi) is 3.09. The Morgan fingerprint density at radius 2 is 1.58 bits per heavy atom. The Morgan fingerprint density at radius 3 is 2.12 bits per heavy atom. The van der Waals surface area contributed by atoms with E-state index in [0.29, 0.717) is 21.1 Å². The number of methoxy groups -OCH3 is 1. The molecule has 0 aliphatic heterocycles. The fraction of sp³-hybridized carbons (Fsp3) is 0.500. The van der Waals surface area contributed by atoms with Gasteiger partial charge in [0.05, 0.1) is 39.6 Å². The SMILES string of the molecule is COC(=O)C12CCC(C)(c3nc4cc(Cl)c(Cl)cc4nc31)C2(C)C. The van der Waals surface area contributed by atoms with Crippen LogP contribution in [0.25, 0.3) is 11.0 Å². The number of rotatable bonds is 1. The summed E-state index contributed by atoms with van der Waals surface area (Å²) in [5.41, 5.74) is 1.64. The van der Waals surface area contributed by atoms with Crippen LogP contribution >= 0.6 is 23.2 Å². The van der Waals surface area contributed by atoms with Crippen LogP contribution in [0.2, 0.25) is 10.0 Å². The van der Waals surface area contributed by atoms with Crippen molar-refractivity contribution in [3.63, 3.8) is 0 Å². The second kappa shape index (κ2) is 4.61. The molecule has 2 aliphatic carbocycles. The Balaban J connectivity index is 2.11. The van der Waals surface area contributed by atoms with Crippen molar-refractivity contribution in [2.24, 2.45) is 5.41 Å². The number of benzene rings is 1. The molecule has 1 heterocycles. The molecule has 2 unspecified atom stereocenters. The third-order valence-electron chi connectivity index (χ3n) is 6.61. The molecular weight excluding hydrogens is 347 g/mol. The van der Waals surface area contributed by atoms with Crippen LogP contribution in [-0.4, -0.2) is 23.0 Å². The zero-order chi connectivity index (χ0) is 17.5. The van der Waals surface area contributed by atoms with Gasteiger partial charge in [0.25, 0.3) is 0 Å². The summed E-state index contributed by atoms with van der Waals surface area (Å²) in [7, 11) is 1.44. The molecule has 24 heavy (non-hydrogen) atoms. The highest BCUT2D eigenvalue weighted by molar-refractivity contribution is 6.42. The van der Waals surface area contributed by atoms with E-state index < -0.39 is 5.41 Å². The second-order valence-electron chi connectivity index (χ2n) is 7.53. The van der Waals surface area contributed by atoms with E-state index in [1.165, 1.54) is 7.11 Å². The summed E-state index contributed by atoms with van der Waals surface area (Å²) in [6, 6.07) is 3.44. The molecule has 1 fully saturated rings. The average molecular weight is 365 g/mol. The molecule has 2 aliphatic rings. The zero-order valence-electron chi connectivity index (χ0n) is 14.0. The Hall–Kier alpha value is -1.39. The predicted octanol–water partition coefficient (Wildman–Crippen LogP) is 4.44. The van der Waals surface area contributed by atoms with Crippen molar-refractivity contribution in [3.05, 3.63) is 33.6 Å². The van der Waals surface area contributed by atoms with E-state index in [-0.39, 0.29) is 16.8 Å². The molecule has 126 valence electrons. The minimum atomic E-state index is -0.765. The Morgan fingerprint density at radius 1 is 1.04 bits per heavy atom. The summed E-state index contributed by atoms with van der Waals surface area (Å²) < 4.78 is 5.19. The third kappa shape index (κ3) is 1.55. The van der Waals surface area contributed by atoms with Gasteiger partial charge < -0.3 is 4.74 Å². The van der Waals surface area contributed by atoms with Crippen molar-refractivity contribution >= 4 is 40.2 Å². The topological polar surface area (TPSA) is 52.1 Å². The van der Waals surface area contributed by atoms with Gasteiger partial charge in [0.15, 0.2) is 0 Å². The highest BCUT2D eigenvalue weighted by Gasteiger charge is 2.73. The number of halogens is 2. The van der Waals surface area contributed by atoms with E-state index in [1.54, 1.807) is 12.1 Å². The van der Waals surface area contributed by atoms with Crippen LogP contribution in [0.4, 0.5) is 0 Å². The van der Waals surface area contributed by atoms with Crippen LogP contribution in [0.15, 0.2) is 12.1 Å². The summed E-state index contributed by atoms with van der Waals surface area (Å²) in [4.78, 5) is 22.5. The van der Waals surface area contributed by atoms with E-state index >= 15 is 0 Å². The molecular formula is C18H18Cl2N2O2. The maximum absolute atomic E-state index is 12.8. The van der Waals surface area contributed by atoms with Crippen molar-refractivity contribution in [1.82, 2.24) is 9.97 Å². The van der Waals surface area contributed by atoms with Gasteiger partial charge in [-0.05, 0) is 30.4 Å². The minimum Gasteiger partial charge on any atom is -0.468 e. The number of carbonyl (C=O) groups excluding carboxylic acids is 1. The van der Waals surface area contributed by atoms with Crippen molar-refractivity contribution in [1.29, 1.82) is 0 Å². The predicted molar refractivity (Wildman–Crippen MR) is 93.6 cm³/mol. The standard InChI is InChI=1S/C18H18Cl2N2O2/c1-16(2)17(3)5-6-18(16,15(23)24-4)14-13(17)21-11-7-9(19)10(20)8-12(11)22-14/h7-8H,5-6H2,1-4H3. The van der Waals surface area contributed by atoms with Gasteiger partial charge >= 0.3 is 5.97 Å². The monoisotopic (exact) mass is 364 g/mol. The summed E-state index contributed by atoms with van der Waals surface area (Å²) in [5, 5.41) is 0.882. The highest BCUT2D eigenvalue weighted by atomic mass is 35.5. The van der Waals surface area contributed by atoms with Crippen LogP contribution in [-0.2, 0) is 20.4 Å². The number of aromatic nitrogens is 2. The number of carbonyl (C=O) groups is 1. The molecule has 1 aromatic heterocycles. The summed E-state index contributed by atoms with van der Waals surface area (Å²) in [6.45, 7) is 6.40. The Bertz CT molecular complexity index is 912. The van der Waals surface area contributed by atoms with E-state index in [2.05, 4.69) is 20.8 Å². The molecule has 0 N–H and O–H groups in total. The molecule has 2 bridgehead atoms. The molecule has 0 spiro atoms. The van der Waals surface area contributed by atoms with E-state index in [9.17, 15) is 4.79 Å². The first-order chi connectivity index (χ1) is 11.2. The zero-order valence-corrected chi connectivity index (χ0v) is 15.5. The van der Waals surface area contributed by atoms with Gasteiger partial charge in [-0.25, -0.2) is 9.97 Å². The van der Waals surface area contributed by atoms with Crippen LogP contribution in [0.5, 0.6) is 0 Å². The number of esters is 1. The lowest BCUT2D eigenvalue weighted by atomic mass is 9.64. The van der Waals surface area contributed by atoms with Gasteiger partial charge in [0.1, 0.15) is 5.41 Å². The first-order valence-electron chi connectivity index (χ1n) is 7.95. The maximum Gasteiger partial charge on any atom is 0.318 e. The summed E-state index contributed by atoms with van der Waals surface area (Å²) >= 11 is 12.3. The lowest BCUT2D eigenvalue weighted by Gasteiger charge is -2.38. The van der Waals surface area contributed by atoms with Gasteiger partial charge in [-0.3, -0.25) is 4.79 Å². The summed E-state index contributed by atoms with van der Waals surface area (Å²) in [5.74, 6) is -0.233. The molecule has 6 heteroatoms. The molecule has 0 saturated heterocycles. The van der Waals surface area contributed by atoms with E-state index in [4.69, 9.17) is 37.9 Å². The normalized spacial score (nSPS) is 29.8. The first-order valence-corrected chi connectivity index (χ1v) is 8.71. The van der Waals surface area contributed by atoms with Crippen molar-refractivity contribution in [2.45, 2.75) is 44.4 Å². The fourth-order valence-electron chi connectivity index (χ4n) is 4.72. The number of hydrogen-bond acceptors (Lipinski definition) is 4. The second-order valence-corrected chi connectivity index (χ2v) is 8.34. The largest absolute Gasteiger partial charge is 0.468 e. The quantitative estimate of drug-likeness (QED) is 0.701. The number of hydrogen-bond donors (Lipinski definition) is 0. The van der Waals surface area contributed by atoms with Crippen LogP contribution in [0.3, 0.4) is 0 Å².